The number of nitrogens with one attached hydrogen (secondary N) is 2. The first-order valence-electron chi connectivity index (χ1n) is 11.2. The Kier molecular flexibility index (Phi) is 8.39. The van der Waals surface area contributed by atoms with E-state index in [0.29, 0.717) is 16.4 Å². The standard InChI is InChI=1S/C26H32N4O3S/c1-7-33-25(32)23-18(4)27-26(29-24(23)19-8-10-21(11-9-19)30(5)6)34-15-22(31)28-20-13-16(2)12-17(3)14-20/h8-14,24H,7,15H2,1-6H3,(H,27,29)(H,28,31)/t24-/m0/s1. The monoisotopic (exact) mass is 480 g/mol. The Morgan fingerprint density at radius 1 is 1.09 bits per heavy atom. The van der Waals surface area contributed by atoms with Crippen LogP contribution in [0.3, 0.4) is 0 Å². The molecule has 0 radical (unpaired) electrons. The lowest BCUT2D eigenvalue weighted by molar-refractivity contribution is -0.139. The lowest BCUT2D eigenvalue weighted by Crippen LogP contribution is -2.31. The van der Waals surface area contributed by atoms with Gasteiger partial charge in [0.15, 0.2) is 5.17 Å². The van der Waals surface area contributed by atoms with Gasteiger partial charge in [0.05, 0.1) is 17.9 Å². The Labute approximate surface area is 205 Å². The maximum atomic E-state index is 12.7. The molecule has 0 saturated carbocycles. The third kappa shape index (κ3) is 6.41. The van der Waals surface area contributed by atoms with Crippen LogP contribution in [0.15, 0.2) is 58.7 Å². The number of esters is 1. The summed E-state index contributed by atoms with van der Waals surface area (Å²) >= 11 is 1.30. The molecule has 1 aliphatic heterocycles. The zero-order chi connectivity index (χ0) is 24.8. The van der Waals surface area contributed by atoms with E-state index in [4.69, 9.17) is 9.73 Å². The summed E-state index contributed by atoms with van der Waals surface area (Å²) in [6.45, 7) is 7.90. The Balaban J connectivity index is 1.78. The average Bonchev–Trinajstić information content (AvgIpc) is 2.76. The van der Waals surface area contributed by atoms with Gasteiger partial charge >= 0.3 is 5.97 Å². The topological polar surface area (TPSA) is 83.0 Å². The van der Waals surface area contributed by atoms with Crippen molar-refractivity contribution < 1.29 is 14.3 Å². The maximum absolute atomic E-state index is 12.7. The number of aryl methyl sites for hydroxylation is 2. The molecule has 0 spiro atoms. The van der Waals surface area contributed by atoms with Gasteiger partial charge in [0.1, 0.15) is 6.04 Å². The number of rotatable bonds is 7. The number of anilines is 2. The molecule has 3 rings (SSSR count). The van der Waals surface area contributed by atoms with Crippen molar-refractivity contribution in [3.8, 4) is 0 Å². The van der Waals surface area contributed by atoms with E-state index < -0.39 is 12.0 Å². The summed E-state index contributed by atoms with van der Waals surface area (Å²) in [7, 11) is 3.95. The maximum Gasteiger partial charge on any atom is 0.338 e. The second-order valence-electron chi connectivity index (χ2n) is 8.42. The quantitative estimate of drug-likeness (QED) is 0.565. The van der Waals surface area contributed by atoms with E-state index in [9.17, 15) is 9.59 Å². The summed E-state index contributed by atoms with van der Waals surface area (Å²) < 4.78 is 5.30. The number of allylic oxidation sites excluding steroid dienone is 1. The fourth-order valence-electron chi connectivity index (χ4n) is 3.77. The van der Waals surface area contributed by atoms with Gasteiger partial charge in [-0.15, -0.1) is 0 Å². The summed E-state index contributed by atoms with van der Waals surface area (Å²) in [6.07, 6.45) is 0. The van der Waals surface area contributed by atoms with Gasteiger partial charge in [0.25, 0.3) is 0 Å². The third-order valence-electron chi connectivity index (χ3n) is 5.28. The number of ether oxygens (including phenoxy) is 1. The molecular weight excluding hydrogens is 448 g/mol. The molecule has 0 bridgehead atoms. The molecule has 2 N–H and O–H groups in total. The van der Waals surface area contributed by atoms with Gasteiger partial charge in [-0.3, -0.25) is 4.79 Å². The number of hydrogen-bond acceptors (Lipinski definition) is 7. The third-order valence-corrected chi connectivity index (χ3v) is 6.17. The zero-order valence-electron chi connectivity index (χ0n) is 20.6. The molecule has 0 unspecified atom stereocenters. The number of hydrogen-bond donors (Lipinski definition) is 2. The molecule has 1 heterocycles. The Morgan fingerprint density at radius 3 is 2.32 bits per heavy atom. The molecule has 1 amide bonds. The highest BCUT2D eigenvalue weighted by Crippen LogP contribution is 2.33. The van der Waals surface area contributed by atoms with Crippen LogP contribution < -0.4 is 15.5 Å². The highest BCUT2D eigenvalue weighted by Gasteiger charge is 2.30. The SMILES string of the molecule is CCOC(=O)C1=C(C)NC(SCC(=O)Nc2cc(C)cc(C)c2)=N[C@H]1c1ccc(N(C)C)cc1. The first-order valence-corrected chi connectivity index (χ1v) is 12.2. The van der Waals surface area contributed by atoms with Crippen LogP contribution in [-0.4, -0.2) is 43.5 Å². The minimum Gasteiger partial charge on any atom is -0.463 e. The van der Waals surface area contributed by atoms with Crippen LogP contribution >= 0.6 is 11.8 Å². The first kappa shape index (κ1) is 25.4. The van der Waals surface area contributed by atoms with Crippen molar-refractivity contribution in [2.24, 2.45) is 4.99 Å². The van der Waals surface area contributed by atoms with Gasteiger partial charge < -0.3 is 20.3 Å². The number of thioether (sulfide) groups is 1. The zero-order valence-corrected chi connectivity index (χ0v) is 21.4. The molecule has 1 atom stereocenters. The minimum absolute atomic E-state index is 0.121. The number of nitrogens with zero attached hydrogens (tertiary/aromatic N) is 2. The van der Waals surface area contributed by atoms with Crippen molar-refractivity contribution in [2.45, 2.75) is 33.7 Å². The van der Waals surface area contributed by atoms with Crippen LogP contribution in [0.4, 0.5) is 11.4 Å². The van der Waals surface area contributed by atoms with Gasteiger partial charge in [0.2, 0.25) is 5.91 Å². The van der Waals surface area contributed by atoms with Crippen LogP contribution in [0.1, 0.15) is 36.6 Å². The van der Waals surface area contributed by atoms with Crippen LogP contribution in [0, 0.1) is 13.8 Å². The predicted octanol–water partition coefficient (Wildman–Crippen LogP) is 4.58. The van der Waals surface area contributed by atoms with Crippen LogP contribution in [-0.2, 0) is 14.3 Å². The number of aliphatic imine (C=N–C) groups is 1. The van der Waals surface area contributed by atoms with Crippen LogP contribution in [0.25, 0.3) is 0 Å². The number of amides is 1. The minimum atomic E-state index is -0.513. The smallest absolute Gasteiger partial charge is 0.338 e. The van der Waals surface area contributed by atoms with E-state index >= 15 is 0 Å². The molecule has 8 heteroatoms. The number of amidine groups is 1. The van der Waals surface area contributed by atoms with Crippen LogP contribution in [0.2, 0.25) is 0 Å². The molecular formula is C26H32N4O3S. The van der Waals surface area contributed by atoms with Gasteiger partial charge in [-0.05, 0) is 68.7 Å². The van der Waals surface area contributed by atoms with Crippen molar-refractivity contribution >= 4 is 40.2 Å². The Morgan fingerprint density at radius 2 is 1.74 bits per heavy atom. The highest BCUT2D eigenvalue weighted by atomic mass is 32.2. The highest BCUT2D eigenvalue weighted by molar-refractivity contribution is 8.14. The molecule has 0 saturated heterocycles. The molecule has 7 nitrogen and oxygen atoms in total. The largest absolute Gasteiger partial charge is 0.463 e. The van der Waals surface area contributed by atoms with E-state index in [1.807, 2.05) is 76.2 Å². The number of carbonyl (C=O) groups excluding carboxylic acids is 2. The fraction of sp³-hybridized carbons (Fsp3) is 0.346. The normalized spacial score (nSPS) is 15.4. The van der Waals surface area contributed by atoms with E-state index in [-0.39, 0.29) is 18.3 Å². The van der Waals surface area contributed by atoms with E-state index in [2.05, 4.69) is 16.7 Å². The van der Waals surface area contributed by atoms with E-state index in [1.54, 1.807) is 6.92 Å². The molecule has 180 valence electrons. The second kappa shape index (κ2) is 11.2. The molecule has 34 heavy (non-hydrogen) atoms. The lowest BCUT2D eigenvalue weighted by atomic mass is 9.96. The van der Waals surface area contributed by atoms with Crippen molar-refractivity contribution in [2.75, 3.05) is 36.7 Å². The van der Waals surface area contributed by atoms with Crippen molar-refractivity contribution in [1.29, 1.82) is 0 Å². The van der Waals surface area contributed by atoms with Crippen molar-refractivity contribution in [3.63, 3.8) is 0 Å². The molecule has 2 aromatic rings. The summed E-state index contributed by atoms with van der Waals surface area (Å²) in [5, 5.41) is 6.71. The lowest BCUT2D eigenvalue weighted by Gasteiger charge is -2.26. The predicted molar refractivity (Wildman–Crippen MR) is 140 cm³/mol. The van der Waals surface area contributed by atoms with E-state index in [1.165, 1.54) is 11.8 Å². The van der Waals surface area contributed by atoms with Gasteiger partial charge in [-0.2, -0.15) is 0 Å². The molecule has 0 aliphatic carbocycles. The summed E-state index contributed by atoms with van der Waals surface area (Å²) in [5.74, 6) is -0.327. The summed E-state index contributed by atoms with van der Waals surface area (Å²) in [6, 6.07) is 13.4. The molecule has 0 fully saturated rings. The molecule has 0 aromatic heterocycles. The van der Waals surface area contributed by atoms with Crippen LogP contribution in [0.5, 0.6) is 0 Å². The molecule has 1 aliphatic rings. The van der Waals surface area contributed by atoms with Gasteiger partial charge in [-0.25, -0.2) is 9.79 Å². The Hall–Kier alpha value is -3.26. The number of benzene rings is 2. The molecule has 2 aromatic carbocycles. The summed E-state index contributed by atoms with van der Waals surface area (Å²) in [5.41, 5.74) is 6.05. The van der Waals surface area contributed by atoms with Gasteiger partial charge in [-0.1, -0.05) is 30.0 Å². The average molecular weight is 481 g/mol. The van der Waals surface area contributed by atoms with E-state index in [0.717, 1.165) is 28.1 Å². The second-order valence-corrected chi connectivity index (χ2v) is 9.38. The first-order chi connectivity index (χ1) is 16.2. The van der Waals surface area contributed by atoms with Gasteiger partial charge in [0, 0.05) is 31.2 Å². The number of carbonyl (C=O) groups is 2. The van der Waals surface area contributed by atoms with Crippen molar-refractivity contribution in [1.82, 2.24) is 5.32 Å². The van der Waals surface area contributed by atoms with Crippen molar-refractivity contribution in [3.05, 3.63) is 70.4 Å². The Bertz CT molecular complexity index is 1100. The summed E-state index contributed by atoms with van der Waals surface area (Å²) in [4.78, 5) is 32.1. The fourth-order valence-corrected chi connectivity index (χ4v) is 4.51.